The number of rotatable bonds is 3. The molecule has 0 spiro atoms. The van der Waals surface area contributed by atoms with Gasteiger partial charge < -0.3 is 10.4 Å². The summed E-state index contributed by atoms with van der Waals surface area (Å²) in [6, 6.07) is 12.4. The molecule has 0 bridgehead atoms. The van der Waals surface area contributed by atoms with Crippen LogP contribution in [-0.4, -0.2) is 11.0 Å². The van der Waals surface area contributed by atoms with E-state index in [2.05, 4.69) is 21.2 Å². The van der Waals surface area contributed by atoms with E-state index in [4.69, 9.17) is 0 Å². The van der Waals surface area contributed by atoms with Crippen molar-refractivity contribution in [1.82, 2.24) is 0 Å². The molecule has 0 aromatic heterocycles. The number of phenolic OH excluding ortho intramolecular Hbond substituents is 1. The first-order valence-corrected chi connectivity index (χ1v) is 6.98. The number of anilines is 1. The largest absolute Gasteiger partial charge is 0.508 e. The second kappa shape index (κ2) is 5.89. The fourth-order valence-corrected chi connectivity index (χ4v) is 2.06. The van der Waals surface area contributed by atoms with Gasteiger partial charge in [0.15, 0.2) is 0 Å². The summed E-state index contributed by atoms with van der Waals surface area (Å²) in [5.74, 6) is 0.0610. The Bertz CT molecular complexity index is 594. The number of aromatic hydroxyl groups is 1. The Kier molecular flexibility index (Phi) is 4.22. The van der Waals surface area contributed by atoms with E-state index in [0.29, 0.717) is 11.3 Å². The number of hydrogen-bond donors (Lipinski definition) is 2. The van der Waals surface area contributed by atoms with Gasteiger partial charge in [-0.05, 0) is 48.4 Å². The molecule has 0 aliphatic rings. The SMILES string of the molecule is Cc1cc(NC(=O)c2ccc(CBr)cc2)ccc1O. The van der Waals surface area contributed by atoms with Gasteiger partial charge >= 0.3 is 0 Å². The van der Waals surface area contributed by atoms with Gasteiger partial charge in [-0.3, -0.25) is 4.79 Å². The average molecular weight is 320 g/mol. The van der Waals surface area contributed by atoms with Gasteiger partial charge in [0, 0.05) is 16.6 Å². The lowest BCUT2D eigenvalue weighted by Gasteiger charge is -2.07. The Hall–Kier alpha value is -1.81. The van der Waals surface area contributed by atoms with Crippen molar-refractivity contribution in [2.45, 2.75) is 12.3 Å². The molecule has 3 nitrogen and oxygen atoms in total. The smallest absolute Gasteiger partial charge is 0.255 e. The van der Waals surface area contributed by atoms with Gasteiger partial charge in [0.05, 0.1) is 0 Å². The molecule has 0 aliphatic carbocycles. The minimum absolute atomic E-state index is 0.161. The summed E-state index contributed by atoms with van der Waals surface area (Å²) in [4.78, 5) is 12.0. The topological polar surface area (TPSA) is 49.3 Å². The van der Waals surface area contributed by atoms with Crippen LogP contribution in [0.3, 0.4) is 0 Å². The summed E-state index contributed by atoms with van der Waals surface area (Å²) in [5.41, 5.74) is 3.13. The molecule has 2 rings (SSSR count). The minimum atomic E-state index is -0.161. The highest BCUT2D eigenvalue weighted by atomic mass is 79.9. The highest BCUT2D eigenvalue weighted by molar-refractivity contribution is 9.08. The Morgan fingerprint density at radius 2 is 1.89 bits per heavy atom. The summed E-state index contributed by atoms with van der Waals surface area (Å²) < 4.78 is 0. The molecule has 0 radical (unpaired) electrons. The zero-order valence-electron chi connectivity index (χ0n) is 10.5. The molecule has 19 heavy (non-hydrogen) atoms. The second-order valence-electron chi connectivity index (χ2n) is 4.29. The number of alkyl halides is 1. The number of aryl methyl sites for hydroxylation is 1. The highest BCUT2D eigenvalue weighted by Gasteiger charge is 2.06. The fourth-order valence-electron chi connectivity index (χ4n) is 1.68. The van der Waals surface area contributed by atoms with Crippen molar-refractivity contribution in [1.29, 1.82) is 0 Å². The van der Waals surface area contributed by atoms with Crippen LogP contribution in [0.4, 0.5) is 5.69 Å². The maximum absolute atomic E-state index is 12.0. The normalized spacial score (nSPS) is 10.2. The van der Waals surface area contributed by atoms with Crippen LogP contribution in [0.15, 0.2) is 42.5 Å². The van der Waals surface area contributed by atoms with Crippen LogP contribution in [0.1, 0.15) is 21.5 Å². The Labute approximate surface area is 120 Å². The molecule has 2 aromatic rings. The van der Waals surface area contributed by atoms with Crippen LogP contribution in [-0.2, 0) is 5.33 Å². The van der Waals surface area contributed by atoms with Crippen molar-refractivity contribution in [2.75, 3.05) is 5.32 Å². The molecular formula is C15H14BrNO2. The average Bonchev–Trinajstić information content (AvgIpc) is 2.43. The minimum Gasteiger partial charge on any atom is -0.508 e. The lowest BCUT2D eigenvalue weighted by molar-refractivity contribution is 0.102. The van der Waals surface area contributed by atoms with Crippen molar-refractivity contribution in [2.24, 2.45) is 0 Å². The van der Waals surface area contributed by atoms with Crippen LogP contribution in [0, 0.1) is 6.92 Å². The molecule has 0 unspecified atom stereocenters. The van der Waals surface area contributed by atoms with Gasteiger partial charge in [-0.2, -0.15) is 0 Å². The summed E-state index contributed by atoms with van der Waals surface area (Å²) >= 11 is 3.36. The molecule has 0 saturated heterocycles. The first-order chi connectivity index (χ1) is 9.10. The number of nitrogens with one attached hydrogen (secondary N) is 1. The second-order valence-corrected chi connectivity index (χ2v) is 4.85. The van der Waals surface area contributed by atoms with Crippen molar-refractivity contribution in [3.8, 4) is 5.75 Å². The predicted octanol–water partition coefficient (Wildman–Crippen LogP) is 3.85. The number of halogens is 1. The number of carbonyl (C=O) groups excluding carboxylic acids is 1. The van der Waals surface area contributed by atoms with E-state index in [-0.39, 0.29) is 11.7 Å². The van der Waals surface area contributed by atoms with E-state index in [1.54, 1.807) is 37.3 Å². The predicted molar refractivity (Wildman–Crippen MR) is 79.9 cm³/mol. The van der Waals surface area contributed by atoms with Crippen LogP contribution in [0.5, 0.6) is 5.75 Å². The maximum atomic E-state index is 12.0. The number of amides is 1. The maximum Gasteiger partial charge on any atom is 0.255 e. The molecule has 0 fully saturated rings. The third-order valence-corrected chi connectivity index (χ3v) is 3.47. The van der Waals surface area contributed by atoms with Crippen LogP contribution in [0.25, 0.3) is 0 Å². The Morgan fingerprint density at radius 3 is 2.47 bits per heavy atom. The third-order valence-electron chi connectivity index (χ3n) is 2.83. The molecule has 0 saturated carbocycles. The van der Waals surface area contributed by atoms with E-state index in [1.807, 2.05) is 12.1 Å². The van der Waals surface area contributed by atoms with E-state index >= 15 is 0 Å². The standard InChI is InChI=1S/C15H14BrNO2/c1-10-8-13(6-7-14(10)18)17-15(19)12-4-2-11(9-16)3-5-12/h2-8,18H,9H2,1H3,(H,17,19). The van der Waals surface area contributed by atoms with Crippen LogP contribution in [0.2, 0.25) is 0 Å². The number of hydrogen-bond acceptors (Lipinski definition) is 2. The first kappa shape index (κ1) is 13.6. The molecule has 4 heteroatoms. The van der Waals surface area contributed by atoms with Crippen molar-refractivity contribution in [3.05, 3.63) is 59.2 Å². The first-order valence-electron chi connectivity index (χ1n) is 5.86. The van der Waals surface area contributed by atoms with Gasteiger partial charge in [0.25, 0.3) is 5.91 Å². The molecule has 2 aromatic carbocycles. The van der Waals surface area contributed by atoms with E-state index < -0.39 is 0 Å². The summed E-state index contributed by atoms with van der Waals surface area (Å²) in [5, 5.41) is 13.0. The molecule has 0 aliphatic heterocycles. The third kappa shape index (κ3) is 3.35. The van der Waals surface area contributed by atoms with Gasteiger partial charge in [0.2, 0.25) is 0 Å². The lowest BCUT2D eigenvalue weighted by atomic mass is 10.1. The van der Waals surface area contributed by atoms with E-state index in [1.165, 1.54) is 0 Å². The fraction of sp³-hybridized carbons (Fsp3) is 0.133. The molecule has 98 valence electrons. The number of benzene rings is 2. The van der Waals surface area contributed by atoms with Gasteiger partial charge in [-0.1, -0.05) is 28.1 Å². The van der Waals surface area contributed by atoms with Gasteiger partial charge in [0.1, 0.15) is 5.75 Å². The van der Waals surface area contributed by atoms with Gasteiger partial charge in [-0.25, -0.2) is 0 Å². The molecule has 0 atom stereocenters. The summed E-state index contributed by atoms with van der Waals surface area (Å²) in [6.45, 7) is 1.79. The molecule has 2 N–H and O–H groups in total. The Balaban J connectivity index is 2.13. The Morgan fingerprint density at radius 1 is 1.21 bits per heavy atom. The van der Waals surface area contributed by atoms with Crippen LogP contribution < -0.4 is 5.32 Å². The number of carbonyl (C=O) groups is 1. The zero-order chi connectivity index (χ0) is 13.8. The van der Waals surface area contributed by atoms with Gasteiger partial charge in [-0.15, -0.1) is 0 Å². The summed E-state index contributed by atoms with van der Waals surface area (Å²) in [6.07, 6.45) is 0. The van der Waals surface area contributed by atoms with Crippen molar-refractivity contribution < 1.29 is 9.90 Å². The monoisotopic (exact) mass is 319 g/mol. The number of phenols is 1. The molecular weight excluding hydrogens is 306 g/mol. The lowest BCUT2D eigenvalue weighted by Crippen LogP contribution is -2.11. The molecule has 0 heterocycles. The van der Waals surface area contributed by atoms with Crippen molar-refractivity contribution >= 4 is 27.5 Å². The van der Waals surface area contributed by atoms with E-state index in [9.17, 15) is 9.90 Å². The summed E-state index contributed by atoms with van der Waals surface area (Å²) in [7, 11) is 0. The van der Waals surface area contributed by atoms with E-state index in [0.717, 1.165) is 16.5 Å². The highest BCUT2D eigenvalue weighted by Crippen LogP contribution is 2.20. The zero-order valence-corrected chi connectivity index (χ0v) is 12.1. The van der Waals surface area contributed by atoms with Crippen LogP contribution >= 0.6 is 15.9 Å². The molecule has 1 amide bonds. The quantitative estimate of drug-likeness (QED) is 0.667. The van der Waals surface area contributed by atoms with Crippen molar-refractivity contribution in [3.63, 3.8) is 0 Å².